The highest BCUT2D eigenvalue weighted by atomic mass is 35.5. The van der Waals surface area contributed by atoms with Crippen LogP contribution in [0.15, 0.2) is 29.2 Å². The van der Waals surface area contributed by atoms with Gasteiger partial charge in [0.05, 0.1) is 5.56 Å². The Morgan fingerprint density at radius 2 is 2.21 bits per heavy atom. The molecule has 0 bridgehead atoms. The lowest BCUT2D eigenvalue weighted by atomic mass is 10.2. The Kier molecular flexibility index (Phi) is 4.86. The van der Waals surface area contributed by atoms with Gasteiger partial charge in [-0.05, 0) is 18.6 Å². The predicted octanol–water partition coefficient (Wildman–Crippen LogP) is 3.67. The topological polar surface area (TPSA) is 23.8 Å². The molecule has 0 aliphatic heterocycles. The van der Waals surface area contributed by atoms with E-state index in [4.69, 9.17) is 16.9 Å². The number of benzene rings is 1. The molecule has 1 atom stereocenters. The number of rotatable bonds is 4. The summed E-state index contributed by atoms with van der Waals surface area (Å²) >= 11 is 7.37. The third kappa shape index (κ3) is 3.25. The molecule has 74 valence electrons. The van der Waals surface area contributed by atoms with Crippen molar-refractivity contribution in [3.8, 4) is 6.07 Å². The Morgan fingerprint density at radius 1 is 1.50 bits per heavy atom. The van der Waals surface area contributed by atoms with E-state index >= 15 is 0 Å². The smallest absolute Gasteiger partial charge is 0.100 e. The average molecular weight is 226 g/mol. The Hall–Kier alpha value is -0.650. The maximum atomic E-state index is 8.87. The molecule has 0 amide bonds. The normalized spacial score (nSPS) is 12.1. The van der Waals surface area contributed by atoms with E-state index in [-0.39, 0.29) is 0 Å². The zero-order valence-electron chi connectivity index (χ0n) is 8.03. The second kappa shape index (κ2) is 5.95. The Balaban J connectivity index is 2.71. The summed E-state index contributed by atoms with van der Waals surface area (Å²) in [6.07, 6.45) is 0.964. The van der Waals surface area contributed by atoms with Crippen LogP contribution < -0.4 is 0 Å². The first-order chi connectivity index (χ1) is 6.77. The lowest BCUT2D eigenvalue weighted by Crippen LogP contribution is -1.97. The molecule has 1 rings (SSSR count). The minimum Gasteiger partial charge on any atom is -0.192 e. The van der Waals surface area contributed by atoms with Crippen molar-refractivity contribution in [2.45, 2.75) is 23.5 Å². The van der Waals surface area contributed by atoms with E-state index in [1.807, 2.05) is 24.3 Å². The van der Waals surface area contributed by atoms with Gasteiger partial charge in [0.2, 0.25) is 0 Å². The second-order valence-corrected chi connectivity index (χ2v) is 4.87. The summed E-state index contributed by atoms with van der Waals surface area (Å²) in [5, 5.41) is 9.33. The van der Waals surface area contributed by atoms with Crippen LogP contribution in [0.3, 0.4) is 0 Å². The van der Waals surface area contributed by atoms with Crippen LogP contribution in [-0.2, 0) is 0 Å². The van der Waals surface area contributed by atoms with Gasteiger partial charge in [0.25, 0.3) is 0 Å². The molecule has 1 aromatic rings. The zero-order valence-corrected chi connectivity index (χ0v) is 9.61. The van der Waals surface area contributed by atoms with Gasteiger partial charge in [0.1, 0.15) is 6.07 Å². The predicted molar refractivity (Wildman–Crippen MR) is 61.8 cm³/mol. The highest BCUT2D eigenvalue weighted by Gasteiger charge is 2.06. The fourth-order valence-corrected chi connectivity index (χ4v) is 2.61. The molecule has 0 heterocycles. The first-order valence-corrected chi connectivity index (χ1v) is 5.91. The van der Waals surface area contributed by atoms with E-state index in [1.54, 1.807) is 11.8 Å². The number of hydrogen-bond acceptors (Lipinski definition) is 2. The number of hydrogen-bond donors (Lipinski definition) is 0. The van der Waals surface area contributed by atoms with Crippen LogP contribution in [-0.4, -0.2) is 11.1 Å². The molecule has 1 aromatic carbocycles. The molecule has 0 N–H and O–H groups in total. The number of nitrogens with zero attached hydrogens (tertiary/aromatic N) is 1. The van der Waals surface area contributed by atoms with E-state index in [0.29, 0.717) is 11.1 Å². The van der Waals surface area contributed by atoms with Crippen LogP contribution >= 0.6 is 23.4 Å². The molecule has 1 unspecified atom stereocenters. The monoisotopic (exact) mass is 225 g/mol. The molecular formula is C11H12ClNS. The lowest BCUT2D eigenvalue weighted by Gasteiger charge is -2.09. The fraction of sp³-hybridized carbons (Fsp3) is 0.364. The second-order valence-electron chi connectivity index (χ2n) is 3.01. The molecule has 0 radical (unpaired) electrons. The minimum absolute atomic E-state index is 0.460. The van der Waals surface area contributed by atoms with Crippen molar-refractivity contribution in [1.29, 1.82) is 5.26 Å². The van der Waals surface area contributed by atoms with Gasteiger partial charge in [-0.25, -0.2) is 0 Å². The molecule has 0 aliphatic rings. The molecule has 0 saturated carbocycles. The van der Waals surface area contributed by atoms with Crippen LogP contribution in [0, 0.1) is 11.3 Å². The summed E-state index contributed by atoms with van der Waals surface area (Å²) in [4.78, 5) is 1.05. The number of alkyl halides is 1. The van der Waals surface area contributed by atoms with Crippen molar-refractivity contribution in [1.82, 2.24) is 0 Å². The maximum absolute atomic E-state index is 8.87. The van der Waals surface area contributed by atoms with Crippen LogP contribution in [0.25, 0.3) is 0 Å². The van der Waals surface area contributed by atoms with Crippen molar-refractivity contribution in [2.75, 3.05) is 5.88 Å². The first kappa shape index (κ1) is 11.4. The molecule has 3 heteroatoms. The quantitative estimate of drug-likeness (QED) is 0.577. The minimum atomic E-state index is 0.460. The SMILES string of the molecule is CC(CCCl)Sc1ccccc1C#N. The van der Waals surface area contributed by atoms with Crippen LogP contribution in [0.1, 0.15) is 18.9 Å². The number of thioether (sulfide) groups is 1. The van der Waals surface area contributed by atoms with E-state index in [9.17, 15) is 0 Å². The van der Waals surface area contributed by atoms with Gasteiger partial charge < -0.3 is 0 Å². The molecule has 0 aliphatic carbocycles. The highest BCUT2D eigenvalue weighted by Crippen LogP contribution is 2.27. The highest BCUT2D eigenvalue weighted by molar-refractivity contribution is 8.00. The van der Waals surface area contributed by atoms with E-state index in [1.165, 1.54) is 0 Å². The van der Waals surface area contributed by atoms with Gasteiger partial charge in [0.15, 0.2) is 0 Å². The standard InChI is InChI=1S/C11H12ClNS/c1-9(6-7-12)14-11-5-3-2-4-10(11)8-13/h2-5,9H,6-7H2,1H3. The molecular weight excluding hydrogens is 214 g/mol. The van der Waals surface area contributed by atoms with E-state index < -0.39 is 0 Å². The average Bonchev–Trinajstić information content (AvgIpc) is 2.19. The van der Waals surface area contributed by atoms with Crippen LogP contribution in [0.4, 0.5) is 0 Å². The Labute approximate surface area is 94.1 Å². The zero-order chi connectivity index (χ0) is 10.4. The third-order valence-electron chi connectivity index (χ3n) is 1.85. The van der Waals surface area contributed by atoms with Crippen molar-refractivity contribution in [3.05, 3.63) is 29.8 Å². The maximum Gasteiger partial charge on any atom is 0.100 e. The van der Waals surface area contributed by atoms with E-state index in [0.717, 1.165) is 16.9 Å². The first-order valence-electron chi connectivity index (χ1n) is 4.49. The van der Waals surface area contributed by atoms with Crippen LogP contribution in [0.5, 0.6) is 0 Å². The Morgan fingerprint density at radius 3 is 2.86 bits per heavy atom. The van der Waals surface area contributed by atoms with Crippen molar-refractivity contribution in [3.63, 3.8) is 0 Å². The summed E-state index contributed by atoms with van der Waals surface area (Å²) in [5.74, 6) is 0.670. The molecule has 0 spiro atoms. The van der Waals surface area contributed by atoms with Crippen LogP contribution in [0.2, 0.25) is 0 Å². The third-order valence-corrected chi connectivity index (χ3v) is 3.32. The fourth-order valence-electron chi connectivity index (χ4n) is 1.09. The van der Waals surface area contributed by atoms with Gasteiger partial charge >= 0.3 is 0 Å². The van der Waals surface area contributed by atoms with Crippen molar-refractivity contribution in [2.24, 2.45) is 0 Å². The molecule has 0 fully saturated rings. The van der Waals surface area contributed by atoms with Crippen molar-refractivity contribution < 1.29 is 0 Å². The summed E-state index contributed by atoms with van der Waals surface area (Å²) < 4.78 is 0. The molecule has 0 aromatic heterocycles. The summed E-state index contributed by atoms with van der Waals surface area (Å²) in [7, 11) is 0. The van der Waals surface area contributed by atoms with Gasteiger partial charge in [-0.15, -0.1) is 23.4 Å². The van der Waals surface area contributed by atoms with Gasteiger partial charge in [-0.1, -0.05) is 19.1 Å². The molecule has 0 saturated heterocycles. The van der Waals surface area contributed by atoms with Gasteiger partial charge in [0, 0.05) is 16.0 Å². The number of nitriles is 1. The summed E-state index contributed by atoms with van der Waals surface area (Å²) in [6, 6.07) is 9.85. The summed E-state index contributed by atoms with van der Waals surface area (Å²) in [5.41, 5.74) is 0.749. The van der Waals surface area contributed by atoms with Gasteiger partial charge in [-0.3, -0.25) is 0 Å². The largest absolute Gasteiger partial charge is 0.192 e. The van der Waals surface area contributed by atoms with Crippen molar-refractivity contribution >= 4 is 23.4 Å². The molecule has 1 nitrogen and oxygen atoms in total. The van der Waals surface area contributed by atoms with Gasteiger partial charge in [-0.2, -0.15) is 5.26 Å². The van der Waals surface area contributed by atoms with E-state index in [2.05, 4.69) is 13.0 Å². The number of halogens is 1. The lowest BCUT2D eigenvalue weighted by molar-refractivity contribution is 0.912. The Bertz CT molecular complexity index is 332. The summed E-state index contributed by atoms with van der Waals surface area (Å²) in [6.45, 7) is 2.13. The molecule has 14 heavy (non-hydrogen) atoms.